The number of carbonyl (C=O) groups excluding carboxylic acids is 1. The highest BCUT2D eigenvalue weighted by Crippen LogP contribution is 2.50. The lowest BCUT2D eigenvalue weighted by Gasteiger charge is -2.63. The van der Waals surface area contributed by atoms with Crippen molar-refractivity contribution in [3.05, 3.63) is 0 Å². The topological polar surface area (TPSA) is 73.2 Å². The lowest BCUT2D eigenvalue weighted by molar-refractivity contribution is -0.237. The molecule has 4 rings (SSSR count). The number of aliphatic hydroxyl groups is 2. The molecule has 4 fully saturated rings. The Morgan fingerprint density at radius 1 is 1.23 bits per heavy atom. The molecule has 6 nitrogen and oxygen atoms in total. The van der Waals surface area contributed by atoms with E-state index in [1.165, 1.54) is 0 Å². The zero-order chi connectivity index (χ0) is 16.2. The molecule has 126 valence electrons. The van der Waals surface area contributed by atoms with Crippen molar-refractivity contribution in [3.8, 4) is 0 Å². The van der Waals surface area contributed by atoms with Crippen LogP contribution in [0.1, 0.15) is 33.6 Å². The van der Waals surface area contributed by atoms with Crippen molar-refractivity contribution in [1.29, 1.82) is 0 Å². The van der Waals surface area contributed by atoms with Crippen LogP contribution in [0.2, 0.25) is 0 Å². The maximum atomic E-state index is 12.1. The predicted molar refractivity (Wildman–Crippen MR) is 81.4 cm³/mol. The fourth-order valence-electron chi connectivity index (χ4n) is 4.29. The van der Waals surface area contributed by atoms with Crippen LogP contribution < -0.4 is 0 Å². The van der Waals surface area contributed by atoms with Gasteiger partial charge in [0.25, 0.3) is 0 Å². The number of rotatable bonds is 2. The summed E-state index contributed by atoms with van der Waals surface area (Å²) in [4.78, 5) is 16.0. The van der Waals surface area contributed by atoms with Gasteiger partial charge in [-0.25, -0.2) is 4.79 Å². The highest BCUT2D eigenvalue weighted by Gasteiger charge is 2.64. The van der Waals surface area contributed by atoms with Crippen molar-refractivity contribution in [3.63, 3.8) is 0 Å². The van der Waals surface area contributed by atoms with Gasteiger partial charge < -0.3 is 24.7 Å². The van der Waals surface area contributed by atoms with Crippen LogP contribution in [-0.4, -0.2) is 76.6 Å². The van der Waals surface area contributed by atoms with E-state index in [9.17, 15) is 15.0 Å². The smallest absolute Gasteiger partial charge is 0.410 e. The van der Waals surface area contributed by atoms with Gasteiger partial charge in [0.2, 0.25) is 0 Å². The molecule has 0 saturated carbocycles. The first kappa shape index (κ1) is 16.0. The number of aliphatic hydroxyl groups excluding tert-OH is 1. The Morgan fingerprint density at radius 3 is 2.23 bits per heavy atom. The zero-order valence-corrected chi connectivity index (χ0v) is 13.8. The van der Waals surface area contributed by atoms with E-state index in [-0.39, 0.29) is 18.6 Å². The van der Waals surface area contributed by atoms with E-state index in [1.54, 1.807) is 4.90 Å². The molecular weight excluding hydrogens is 284 g/mol. The number of likely N-dealkylation sites (tertiary alicyclic amines) is 1. The average molecular weight is 312 g/mol. The van der Waals surface area contributed by atoms with Gasteiger partial charge in [0, 0.05) is 19.6 Å². The fourth-order valence-corrected chi connectivity index (χ4v) is 4.29. The van der Waals surface area contributed by atoms with Gasteiger partial charge in [0.15, 0.2) is 0 Å². The third-order valence-electron chi connectivity index (χ3n) is 5.59. The first-order chi connectivity index (χ1) is 10.2. The molecule has 22 heavy (non-hydrogen) atoms. The molecule has 0 aromatic heterocycles. The normalized spacial score (nSPS) is 36.9. The SMILES string of the molecule is CC(C)(C)OC(=O)N1CC(CO)(C2(O)CN3CCC2CC3)C1. The summed E-state index contributed by atoms with van der Waals surface area (Å²) in [5.74, 6) is 0.227. The van der Waals surface area contributed by atoms with Crippen LogP contribution in [0.25, 0.3) is 0 Å². The zero-order valence-electron chi connectivity index (χ0n) is 13.8. The van der Waals surface area contributed by atoms with Gasteiger partial charge in [-0.2, -0.15) is 0 Å². The van der Waals surface area contributed by atoms with Crippen molar-refractivity contribution >= 4 is 6.09 Å². The van der Waals surface area contributed by atoms with Gasteiger partial charge in [0.1, 0.15) is 5.60 Å². The molecule has 0 aromatic carbocycles. The van der Waals surface area contributed by atoms with E-state index in [2.05, 4.69) is 4.90 Å². The van der Waals surface area contributed by atoms with Crippen LogP contribution in [-0.2, 0) is 4.74 Å². The summed E-state index contributed by atoms with van der Waals surface area (Å²) in [6, 6.07) is 0. The third kappa shape index (κ3) is 2.41. The van der Waals surface area contributed by atoms with Crippen LogP contribution in [0.15, 0.2) is 0 Å². The molecule has 0 aromatic rings. The summed E-state index contributed by atoms with van der Waals surface area (Å²) >= 11 is 0. The summed E-state index contributed by atoms with van der Waals surface area (Å²) in [7, 11) is 0. The molecule has 1 amide bonds. The van der Waals surface area contributed by atoms with Crippen molar-refractivity contribution in [2.24, 2.45) is 11.3 Å². The Labute approximate surface area is 132 Å². The van der Waals surface area contributed by atoms with Gasteiger partial charge in [-0.3, -0.25) is 0 Å². The Balaban J connectivity index is 1.70. The molecule has 4 aliphatic rings. The second kappa shape index (κ2) is 5.08. The highest BCUT2D eigenvalue weighted by molar-refractivity contribution is 5.69. The maximum absolute atomic E-state index is 12.1. The molecule has 0 radical (unpaired) electrons. The van der Waals surface area contributed by atoms with Gasteiger partial charge >= 0.3 is 6.09 Å². The molecule has 1 unspecified atom stereocenters. The molecule has 2 bridgehead atoms. The quantitative estimate of drug-likeness (QED) is 0.784. The number of carbonyl (C=O) groups is 1. The van der Waals surface area contributed by atoms with E-state index in [0.29, 0.717) is 19.6 Å². The number of nitrogens with zero attached hydrogens (tertiary/aromatic N) is 2. The molecule has 0 spiro atoms. The van der Waals surface area contributed by atoms with Crippen LogP contribution in [0.5, 0.6) is 0 Å². The van der Waals surface area contributed by atoms with Crippen LogP contribution in [0.3, 0.4) is 0 Å². The number of amides is 1. The van der Waals surface area contributed by atoms with Crippen molar-refractivity contribution < 1.29 is 19.7 Å². The van der Waals surface area contributed by atoms with Crippen LogP contribution in [0, 0.1) is 11.3 Å². The molecular formula is C16H28N2O4. The van der Waals surface area contributed by atoms with Crippen LogP contribution in [0.4, 0.5) is 4.79 Å². The molecule has 2 N–H and O–H groups in total. The van der Waals surface area contributed by atoms with Gasteiger partial charge in [-0.05, 0) is 52.6 Å². The van der Waals surface area contributed by atoms with Gasteiger partial charge in [-0.15, -0.1) is 0 Å². The number of hydrogen-bond donors (Lipinski definition) is 2. The molecule has 0 aliphatic carbocycles. The van der Waals surface area contributed by atoms with Gasteiger partial charge in [-0.1, -0.05) is 0 Å². The third-order valence-corrected chi connectivity index (χ3v) is 5.59. The van der Waals surface area contributed by atoms with Crippen molar-refractivity contribution in [2.45, 2.75) is 44.8 Å². The monoisotopic (exact) mass is 312 g/mol. The lowest BCUT2D eigenvalue weighted by atomic mass is 9.57. The van der Waals surface area contributed by atoms with Crippen molar-refractivity contribution in [1.82, 2.24) is 9.80 Å². The molecule has 4 heterocycles. The Morgan fingerprint density at radius 2 is 1.82 bits per heavy atom. The van der Waals surface area contributed by atoms with Crippen molar-refractivity contribution in [2.75, 3.05) is 39.3 Å². The summed E-state index contributed by atoms with van der Waals surface area (Å²) in [5, 5.41) is 21.2. The maximum Gasteiger partial charge on any atom is 0.410 e. The van der Waals surface area contributed by atoms with E-state index in [1.807, 2.05) is 20.8 Å². The highest BCUT2D eigenvalue weighted by atomic mass is 16.6. The van der Waals surface area contributed by atoms with Crippen LogP contribution >= 0.6 is 0 Å². The first-order valence-electron chi connectivity index (χ1n) is 8.23. The summed E-state index contributed by atoms with van der Waals surface area (Å²) in [5.41, 5.74) is -2.02. The molecule has 4 saturated heterocycles. The Bertz CT molecular complexity index is 448. The fraction of sp³-hybridized carbons (Fsp3) is 0.938. The average Bonchev–Trinajstić information content (AvgIpc) is 2.36. The standard InChI is InChI=1S/C16H28N2O4/c1-14(2,3)22-13(20)18-8-15(9-18,11-19)16(21)10-17-6-4-12(16)5-7-17/h12,19,21H,4-11H2,1-3H3. The Hall–Kier alpha value is -0.850. The second-order valence-corrected chi connectivity index (χ2v) is 8.25. The first-order valence-corrected chi connectivity index (χ1v) is 8.23. The van der Waals surface area contributed by atoms with E-state index < -0.39 is 16.6 Å². The summed E-state index contributed by atoms with van der Waals surface area (Å²) in [6.07, 6.45) is 1.59. The minimum atomic E-state index is -0.892. The molecule has 1 atom stereocenters. The van der Waals surface area contributed by atoms with Gasteiger partial charge in [0.05, 0.1) is 17.6 Å². The number of fused-ring (bicyclic) bond motifs is 3. The lowest BCUT2D eigenvalue weighted by Crippen LogP contribution is -2.77. The van der Waals surface area contributed by atoms with E-state index in [4.69, 9.17) is 4.74 Å². The number of hydrogen-bond acceptors (Lipinski definition) is 5. The number of piperidine rings is 3. The minimum Gasteiger partial charge on any atom is -0.444 e. The second-order valence-electron chi connectivity index (χ2n) is 8.25. The summed E-state index contributed by atoms with van der Waals surface area (Å²) in [6.45, 7) is 8.85. The Kier molecular flexibility index (Phi) is 3.70. The number of ether oxygens (including phenoxy) is 1. The van der Waals surface area contributed by atoms with E-state index in [0.717, 1.165) is 25.9 Å². The summed E-state index contributed by atoms with van der Waals surface area (Å²) < 4.78 is 5.37. The molecule has 6 heteroatoms. The minimum absolute atomic E-state index is 0.0901. The largest absolute Gasteiger partial charge is 0.444 e. The molecule has 4 aliphatic heterocycles. The van der Waals surface area contributed by atoms with E-state index >= 15 is 0 Å². The predicted octanol–water partition coefficient (Wildman–Crippen LogP) is 0.672.